The number of benzene rings is 2. The third-order valence-corrected chi connectivity index (χ3v) is 5.80. The first-order valence-corrected chi connectivity index (χ1v) is 10.3. The van der Waals surface area contributed by atoms with Gasteiger partial charge in [-0.05, 0) is 36.1 Å². The van der Waals surface area contributed by atoms with Gasteiger partial charge in [0.05, 0.1) is 23.6 Å². The minimum Gasteiger partial charge on any atom is -0.334 e. The van der Waals surface area contributed by atoms with Gasteiger partial charge in [0.25, 0.3) is 0 Å². The van der Waals surface area contributed by atoms with E-state index in [1.54, 1.807) is 17.7 Å². The van der Waals surface area contributed by atoms with Crippen molar-refractivity contribution >= 4 is 11.0 Å². The standard InChI is InChI=1S/C25H23N5O/c1-29-15-19(11-13-24(29)31)21-14-27-28-22(21)12-8-17-6-9-18(10-7-17)20-4-3-5-23-25(20)26-16-30(23)2/h3-7,9-11,13-16H,8,12H2,1-2H3,(H,27,28). The average Bonchev–Trinajstić information content (AvgIpc) is 3.41. The lowest BCUT2D eigenvalue weighted by atomic mass is 9.99. The SMILES string of the molecule is Cn1cc(-c2cn[nH]c2CCc2ccc(-c3cccc4c3ncn4C)cc2)ccc1=O. The molecule has 0 aliphatic carbocycles. The topological polar surface area (TPSA) is 68.5 Å². The van der Waals surface area contributed by atoms with E-state index < -0.39 is 0 Å². The maximum atomic E-state index is 11.7. The van der Waals surface area contributed by atoms with Gasteiger partial charge < -0.3 is 9.13 Å². The molecule has 0 bridgehead atoms. The highest BCUT2D eigenvalue weighted by molar-refractivity contribution is 5.92. The fourth-order valence-corrected chi connectivity index (χ4v) is 4.02. The molecule has 154 valence electrons. The predicted octanol–water partition coefficient (Wildman–Crippen LogP) is 4.11. The van der Waals surface area contributed by atoms with Crippen LogP contribution >= 0.6 is 0 Å². The van der Waals surface area contributed by atoms with Crippen LogP contribution in [-0.2, 0) is 26.9 Å². The summed E-state index contributed by atoms with van der Waals surface area (Å²) < 4.78 is 3.63. The Labute approximate surface area is 179 Å². The zero-order valence-electron chi connectivity index (χ0n) is 17.5. The molecule has 0 aliphatic rings. The summed E-state index contributed by atoms with van der Waals surface area (Å²) in [6.07, 6.45) is 7.27. The Hall–Kier alpha value is -3.93. The molecule has 5 aromatic rings. The van der Waals surface area contributed by atoms with Crippen LogP contribution in [0.2, 0.25) is 0 Å². The molecule has 3 heterocycles. The minimum absolute atomic E-state index is 0.0183. The van der Waals surface area contributed by atoms with Crippen molar-refractivity contribution in [1.29, 1.82) is 0 Å². The summed E-state index contributed by atoms with van der Waals surface area (Å²) in [5.74, 6) is 0. The smallest absolute Gasteiger partial charge is 0.250 e. The van der Waals surface area contributed by atoms with E-state index in [-0.39, 0.29) is 5.56 Å². The van der Waals surface area contributed by atoms with Crippen molar-refractivity contribution in [3.63, 3.8) is 0 Å². The van der Waals surface area contributed by atoms with Gasteiger partial charge in [-0.3, -0.25) is 9.89 Å². The highest BCUT2D eigenvalue weighted by Crippen LogP contribution is 2.28. The molecule has 31 heavy (non-hydrogen) atoms. The second-order valence-electron chi connectivity index (χ2n) is 7.85. The molecule has 0 fully saturated rings. The molecule has 0 atom stereocenters. The number of rotatable bonds is 5. The van der Waals surface area contributed by atoms with E-state index in [4.69, 9.17) is 0 Å². The van der Waals surface area contributed by atoms with Crippen LogP contribution in [0.5, 0.6) is 0 Å². The first-order valence-electron chi connectivity index (χ1n) is 10.3. The molecule has 0 radical (unpaired) electrons. The summed E-state index contributed by atoms with van der Waals surface area (Å²) in [7, 11) is 3.78. The van der Waals surface area contributed by atoms with Gasteiger partial charge in [0, 0.05) is 48.7 Å². The fourth-order valence-electron chi connectivity index (χ4n) is 4.02. The van der Waals surface area contributed by atoms with E-state index in [1.807, 2.05) is 36.4 Å². The summed E-state index contributed by atoms with van der Waals surface area (Å²) in [6.45, 7) is 0. The van der Waals surface area contributed by atoms with E-state index in [2.05, 4.69) is 57.6 Å². The van der Waals surface area contributed by atoms with E-state index >= 15 is 0 Å². The summed E-state index contributed by atoms with van der Waals surface area (Å²) in [5.41, 5.74) is 8.81. The van der Waals surface area contributed by atoms with Crippen LogP contribution in [0.25, 0.3) is 33.3 Å². The zero-order valence-corrected chi connectivity index (χ0v) is 17.5. The number of pyridine rings is 1. The van der Waals surface area contributed by atoms with Crippen LogP contribution in [0.3, 0.4) is 0 Å². The number of aromatic nitrogens is 5. The summed E-state index contributed by atoms with van der Waals surface area (Å²) >= 11 is 0. The Morgan fingerprint density at radius 3 is 2.48 bits per heavy atom. The number of fused-ring (bicyclic) bond motifs is 1. The first-order chi connectivity index (χ1) is 15.1. The number of nitrogens with one attached hydrogen (secondary N) is 1. The van der Waals surface area contributed by atoms with Crippen LogP contribution in [-0.4, -0.2) is 24.3 Å². The maximum absolute atomic E-state index is 11.7. The van der Waals surface area contributed by atoms with E-state index in [9.17, 15) is 4.79 Å². The number of H-pyrrole nitrogens is 1. The van der Waals surface area contributed by atoms with Crippen molar-refractivity contribution in [3.8, 4) is 22.3 Å². The Bertz CT molecular complexity index is 1420. The van der Waals surface area contributed by atoms with Gasteiger partial charge in [0.15, 0.2) is 0 Å². The van der Waals surface area contributed by atoms with Crippen molar-refractivity contribution in [2.75, 3.05) is 0 Å². The lowest BCUT2D eigenvalue weighted by Crippen LogP contribution is -2.14. The Balaban J connectivity index is 1.35. The molecule has 0 saturated carbocycles. The first kappa shape index (κ1) is 19.1. The molecule has 2 aromatic carbocycles. The number of nitrogens with zero attached hydrogens (tertiary/aromatic N) is 4. The number of hydrogen-bond acceptors (Lipinski definition) is 3. The molecule has 0 saturated heterocycles. The van der Waals surface area contributed by atoms with Gasteiger partial charge in [0.2, 0.25) is 5.56 Å². The third-order valence-electron chi connectivity index (χ3n) is 5.80. The van der Waals surface area contributed by atoms with Crippen molar-refractivity contribution < 1.29 is 0 Å². The molecule has 3 aromatic heterocycles. The van der Waals surface area contributed by atoms with Gasteiger partial charge in [-0.15, -0.1) is 0 Å². The molecule has 0 spiro atoms. The predicted molar refractivity (Wildman–Crippen MR) is 123 cm³/mol. The summed E-state index contributed by atoms with van der Waals surface area (Å²) in [6, 6.07) is 18.4. The van der Waals surface area contributed by atoms with Crippen molar-refractivity contribution in [3.05, 3.63) is 94.9 Å². The second-order valence-corrected chi connectivity index (χ2v) is 7.85. The highest BCUT2D eigenvalue weighted by Gasteiger charge is 2.10. The maximum Gasteiger partial charge on any atom is 0.250 e. The number of imidazole rings is 1. The molecule has 6 nitrogen and oxygen atoms in total. The zero-order chi connectivity index (χ0) is 21.4. The molecule has 6 heteroatoms. The molecule has 1 N–H and O–H groups in total. The van der Waals surface area contributed by atoms with E-state index in [1.165, 1.54) is 11.1 Å². The van der Waals surface area contributed by atoms with Gasteiger partial charge >= 0.3 is 0 Å². The fraction of sp³-hybridized carbons (Fsp3) is 0.160. The van der Waals surface area contributed by atoms with Crippen LogP contribution in [0, 0.1) is 0 Å². The second kappa shape index (κ2) is 7.72. The van der Waals surface area contributed by atoms with E-state index in [0.29, 0.717) is 0 Å². The summed E-state index contributed by atoms with van der Waals surface area (Å²) in [4.78, 5) is 16.2. The van der Waals surface area contributed by atoms with Crippen LogP contribution in [0.4, 0.5) is 0 Å². The van der Waals surface area contributed by atoms with Gasteiger partial charge in [0.1, 0.15) is 0 Å². The molecule has 0 amide bonds. The number of aryl methyl sites for hydroxylation is 4. The van der Waals surface area contributed by atoms with Gasteiger partial charge in [-0.2, -0.15) is 5.10 Å². The highest BCUT2D eigenvalue weighted by atomic mass is 16.1. The van der Waals surface area contributed by atoms with E-state index in [0.717, 1.165) is 46.3 Å². The van der Waals surface area contributed by atoms with Gasteiger partial charge in [-0.25, -0.2) is 4.98 Å². The van der Waals surface area contributed by atoms with Crippen LogP contribution in [0.15, 0.2) is 78.1 Å². The monoisotopic (exact) mass is 409 g/mol. The largest absolute Gasteiger partial charge is 0.334 e. The molecule has 5 rings (SSSR count). The number of aromatic amines is 1. The normalized spacial score (nSPS) is 11.3. The quantitative estimate of drug-likeness (QED) is 0.475. The Kier molecular flexibility index (Phi) is 4.75. The lowest BCUT2D eigenvalue weighted by Gasteiger charge is -2.07. The number of hydrogen-bond donors (Lipinski definition) is 1. The Morgan fingerprint density at radius 1 is 0.871 bits per heavy atom. The average molecular weight is 409 g/mol. The molecular weight excluding hydrogens is 386 g/mol. The lowest BCUT2D eigenvalue weighted by molar-refractivity contribution is 0.860. The number of para-hydroxylation sites is 1. The van der Waals surface area contributed by atoms with Crippen molar-refractivity contribution in [2.45, 2.75) is 12.8 Å². The van der Waals surface area contributed by atoms with Crippen LogP contribution < -0.4 is 5.56 Å². The van der Waals surface area contributed by atoms with Crippen molar-refractivity contribution in [1.82, 2.24) is 24.3 Å². The van der Waals surface area contributed by atoms with Gasteiger partial charge in [-0.1, -0.05) is 36.4 Å². The molecular formula is C25H23N5O. The molecule has 0 unspecified atom stereocenters. The third kappa shape index (κ3) is 3.57. The Morgan fingerprint density at radius 2 is 1.68 bits per heavy atom. The van der Waals surface area contributed by atoms with Crippen LogP contribution in [0.1, 0.15) is 11.3 Å². The summed E-state index contributed by atoms with van der Waals surface area (Å²) in [5, 5.41) is 7.35. The minimum atomic E-state index is -0.0183. The van der Waals surface area contributed by atoms with Crippen molar-refractivity contribution in [2.24, 2.45) is 14.1 Å². The molecule has 0 aliphatic heterocycles.